The standard InChI is InChI=1S/C12H12N4O/c13-11-7-10(15-16-11)8-3-1-2-4-9(8)12-14-5-6-17-12/h1-4,7H,5-6H2,(H3,13,15,16). The largest absolute Gasteiger partial charge is 0.475 e. The van der Waals surface area contributed by atoms with Crippen LogP contribution in [0.25, 0.3) is 11.3 Å². The molecule has 5 heteroatoms. The molecule has 2 heterocycles. The lowest BCUT2D eigenvalue weighted by Gasteiger charge is -2.07. The first-order valence-electron chi connectivity index (χ1n) is 5.42. The van der Waals surface area contributed by atoms with E-state index >= 15 is 0 Å². The highest BCUT2D eigenvalue weighted by Crippen LogP contribution is 2.24. The van der Waals surface area contributed by atoms with Crippen LogP contribution in [0, 0.1) is 0 Å². The Morgan fingerprint density at radius 2 is 2.06 bits per heavy atom. The van der Waals surface area contributed by atoms with Gasteiger partial charge in [0.15, 0.2) is 0 Å². The summed E-state index contributed by atoms with van der Waals surface area (Å²) in [7, 11) is 0. The number of benzene rings is 1. The van der Waals surface area contributed by atoms with Gasteiger partial charge >= 0.3 is 0 Å². The Morgan fingerprint density at radius 1 is 1.24 bits per heavy atom. The van der Waals surface area contributed by atoms with Gasteiger partial charge in [0.25, 0.3) is 0 Å². The predicted octanol–water partition coefficient (Wildman–Crippen LogP) is 1.44. The molecule has 2 aromatic rings. The molecule has 1 aromatic carbocycles. The van der Waals surface area contributed by atoms with Gasteiger partial charge in [-0.15, -0.1) is 0 Å². The molecule has 1 aliphatic rings. The summed E-state index contributed by atoms with van der Waals surface area (Å²) in [6.07, 6.45) is 0. The molecule has 17 heavy (non-hydrogen) atoms. The van der Waals surface area contributed by atoms with Crippen LogP contribution in [0.2, 0.25) is 0 Å². The van der Waals surface area contributed by atoms with Gasteiger partial charge in [0.05, 0.1) is 12.2 Å². The van der Waals surface area contributed by atoms with Crippen LogP contribution in [-0.2, 0) is 4.74 Å². The van der Waals surface area contributed by atoms with E-state index in [0.717, 1.165) is 23.4 Å². The first-order chi connectivity index (χ1) is 8.34. The van der Waals surface area contributed by atoms with Gasteiger partial charge in [-0.05, 0) is 6.07 Å². The molecular formula is C12H12N4O. The first kappa shape index (κ1) is 9.89. The van der Waals surface area contributed by atoms with Crippen LogP contribution in [0.5, 0.6) is 0 Å². The van der Waals surface area contributed by atoms with E-state index in [1.54, 1.807) is 6.07 Å². The average molecular weight is 228 g/mol. The fourth-order valence-corrected chi connectivity index (χ4v) is 1.88. The molecule has 0 aliphatic carbocycles. The van der Waals surface area contributed by atoms with Crippen LogP contribution in [0.3, 0.4) is 0 Å². The van der Waals surface area contributed by atoms with Crippen molar-refractivity contribution in [3.05, 3.63) is 35.9 Å². The number of aliphatic imine (C=N–C) groups is 1. The molecular weight excluding hydrogens is 216 g/mol. The summed E-state index contributed by atoms with van der Waals surface area (Å²) in [4.78, 5) is 4.33. The van der Waals surface area contributed by atoms with Crippen molar-refractivity contribution in [1.29, 1.82) is 0 Å². The lowest BCUT2D eigenvalue weighted by atomic mass is 10.0. The third-order valence-corrected chi connectivity index (χ3v) is 2.63. The summed E-state index contributed by atoms with van der Waals surface area (Å²) in [5, 5.41) is 6.83. The molecule has 0 fully saturated rings. The number of hydrogen-bond donors (Lipinski definition) is 2. The molecule has 0 amide bonds. The normalized spacial score (nSPS) is 14.5. The minimum absolute atomic E-state index is 0.476. The predicted molar refractivity (Wildman–Crippen MR) is 65.8 cm³/mol. The number of H-pyrrole nitrogens is 1. The maximum Gasteiger partial charge on any atom is 0.216 e. The van der Waals surface area contributed by atoms with Gasteiger partial charge in [0.2, 0.25) is 5.90 Å². The maximum atomic E-state index is 5.62. The molecule has 5 nitrogen and oxygen atoms in total. The zero-order valence-corrected chi connectivity index (χ0v) is 9.18. The van der Waals surface area contributed by atoms with Crippen molar-refractivity contribution < 1.29 is 4.74 Å². The van der Waals surface area contributed by atoms with Crippen molar-refractivity contribution in [2.45, 2.75) is 0 Å². The molecule has 3 N–H and O–H groups in total. The molecule has 0 bridgehead atoms. The summed E-state index contributed by atoms with van der Waals surface area (Å²) in [6, 6.07) is 9.70. The summed E-state index contributed by atoms with van der Waals surface area (Å²) in [5.41, 5.74) is 8.45. The molecule has 1 aromatic heterocycles. The van der Waals surface area contributed by atoms with Crippen molar-refractivity contribution in [3.8, 4) is 11.3 Å². The van der Waals surface area contributed by atoms with Crippen molar-refractivity contribution in [2.75, 3.05) is 18.9 Å². The van der Waals surface area contributed by atoms with E-state index < -0.39 is 0 Å². The van der Waals surface area contributed by atoms with E-state index in [0.29, 0.717) is 18.3 Å². The van der Waals surface area contributed by atoms with Gasteiger partial charge in [0.1, 0.15) is 12.4 Å². The summed E-state index contributed by atoms with van der Waals surface area (Å²) < 4.78 is 5.49. The minimum atomic E-state index is 0.476. The highest BCUT2D eigenvalue weighted by Gasteiger charge is 2.16. The van der Waals surface area contributed by atoms with Gasteiger partial charge in [-0.2, -0.15) is 5.10 Å². The van der Waals surface area contributed by atoms with Crippen LogP contribution in [0.4, 0.5) is 5.82 Å². The van der Waals surface area contributed by atoms with Crippen LogP contribution >= 0.6 is 0 Å². The minimum Gasteiger partial charge on any atom is -0.475 e. The molecule has 0 saturated carbocycles. The number of nitrogens with zero attached hydrogens (tertiary/aromatic N) is 2. The van der Waals surface area contributed by atoms with Crippen molar-refractivity contribution in [3.63, 3.8) is 0 Å². The number of anilines is 1. The van der Waals surface area contributed by atoms with E-state index in [4.69, 9.17) is 10.5 Å². The Morgan fingerprint density at radius 3 is 2.71 bits per heavy atom. The van der Waals surface area contributed by atoms with Gasteiger partial charge in [0, 0.05) is 17.2 Å². The van der Waals surface area contributed by atoms with Crippen LogP contribution in [-0.4, -0.2) is 29.2 Å². The highest BCUT2D eigenvalue weighted by atomic mass is 16.5. The number of ether oxygens (including phenoxy) is 1. The Balaban J connectivity index is 2.10. The summed E-state index contributed by atoms with van der Waals surface area (Å²) in [5.74, 6) is 1.16. The van der Waals surface area contributed by atoms with Gasteiger partial charge in [-0.1, -0.05) is 18.2 Å². The molecule has 1 aliphatic heterocycles. The Kier molecular flexibility index (Phi) is 2.29. The second-order valence-electron chi connectivity index (χ2n) is 3.79. The van der Waals surface area contributed by atoms with Gasteiger partial charge in [-0.3, -0.25) is 5.10 Å². The van der Waals surface area contributed by atoms with E-state index in [1.165, 1.54) is 0 Å². The van der Waals surface area contributed by atoms with E-state index in [1.807, 2.05) is 24.3 Å². The Bertz CT molecular complexity index is 573. The van der Waals surface area contributed by atoms with Gasteiger partial charge in [-0.25, -0.2) is 4.99 Å². The quantitative estimate of drug-likeness (QED) is 0.816. The SMILES string of the molecule is Nc1cc(-c2ccccc2C2=NCCO2)[nH]n1. The molecule has 0 saturated heterocycles. The van der Waals surface area contributed by atoms with Crippen molar-refractivity contribution in [2.24, 2.45) is 4.99 Å². The third-order valence-electron chi connectivity index (χ3n) is 2.63. The average Bonchev–Trinajstić information content (AvgIpc) is 3.00. The maximum absolute atomic E-state index is 5.62. The number of nitrogens with two attached hydrogens (primary N) is 1. The fraction of sp³-hybridized carbons (Fsp3) is 0.167. The molecule has 0 unspecified atom stereocenters. The second kappa shape index (κ2) is 3.93. The zero-order valence-electron chi connectivity index (χ0n) is 9.18. The van der Waals surface area contributed by atoms with Crippen LogP contribution in [0.1, 0.15) is 5.56 Å². The van der Waals surface area contributed by atoms with Crippen LogP contribution < -0.4 is 5.73 Å². The monoisotopic (exact) mass is 228 g/mol. The highest BCUT2D eigenvalue weighted by molar-refractivity contribution is 6.01. The number of nitrogen functional groups attached to an aromatic ring is 1. The molecule has 0 spiro atoms. The number of aromatic amines is 1. The van der Waals surface area contributed by atoms with Crippen molar-refractivity contribution in [1.82, 2.24) is 10.2 Å². The van der Waals surface area contributed by atoms with E-state index in [-0.39, 0.29) is 0 Å². The summed E-state index contributed by atoms with van der Waals surface area (Å²) >= 11 is 0. The van der Waals surface area contributed by atoms with Crippen LogP contribution in [0.15, 0.2) is 35.3 Å². The number of hydrogen-bond acceptors (Lipinski definition) is 4. The molecule has 0 radical (unpaired) electrons. The zero-order chi connectivity index (χ0) is 11.7. The third kappa shape index (κ3) is 1.75. The number of nitrogens with one attached hydrogen (secondary N) is 1. The number of aromatic nitrogens is 2. The Labute approximate surface area is 98.3 Å². The molecule has 86 valence electrons. The summed E-state index contributed by atoms with van der Waals surface area (Å²) in [6.45, 7) is 1.36. The molecule has 0 atom stereocenters. The fourth-order valence-electron chi connectivity index (χ4n) is 1.88. The Hall–Kier alpha value is -2.30. The lowest BCUT2D eigenvalue weighted by Crippen LogP contribution is -2.03. The molecule has 3 rings (SSSR count). The first-order valence-corrected chi connectivity index (χ1v) is 5.42. The van der Waals surface area contributed by atoms with Gasteiger partial charge < -0.3 is 10.5 Å². The van der Waals surface area contributed by atoms with Crippen molar-refractivity contribution >= 4 is 11.7 Å². The number of rotatable bonds is 2. The van der Waals surface area contributed by atoms with E-state index in [9.17, 15) is 0 Å². The second-order valence-corrected chi connectivity index (χ2v) is 3.79. The lowest BCUT2D eigenvalue weighted by molar-refractivity contribution is 0.348. The van der Waals surface area contributed by atoms with E-state index in [2.05, 4.69) is 15.2 Å². The topological polar surface area (TPSA) is 76.3 Å². The smallest absolute Gasteiger partial charge is 0.216 e.